The molecule has 0 amide bonds. The number of aromatic nitrogens is 2. The summed E-state index contributed by atoms with van der Waals surface area (Å²) in [6.45, 7) is 7.13. The fourth-order valence-corrected chi connectivity index (χ4v) is 6.07. The number of hydrogen-bond donors (Lipinski definition) is 3. The van der Waals surface area contributed by atoms with Crippen molar-refractivity contribution in [3.05, 3.63) is 94.8 Å². The molecule has 0 aliphatic carbocycles. The van der Waals surface area contributed by atoms with E-state index in [0.29, 0.717) is 11.3 Å². The maximum atomic E-state index is 13.1. The van der Waals surface area contributed by atoms with Crippen LogP contribution < -0.4 is 10.5 Å². The maximum absolute atomic E-state index is 13.1. The van der Waals surface area contributed by atoms with E-state index in [9.17, 15) is 8.42 Å². The fourth-order valence-electron chi connectivity index (χ4n) is 4.82. The summed E-state index contributed by atoms with van der Waals surface area (Å²) < 4.78 is 31.1. The molecule has 39 heavy (non-hydrogen) atoms. The number of nitrogens with one attached hydrogen (secondary N) is 2. The molecule has 0 radical (unpaired) electrons. The summed E-state index contributed by atoms with van der Waals surface area (Å²) in [6.07, 6.45) is 2.34. The van der Waals surface area contributed by atoms with E-state index in [1.807, 2.05) is 66.2 Å². The summed E-state index contributed by atoms with van der Waals surface area (Å²) in [6, 6.07) is 20.9. The Hall–Kier alpha value is -3.69. The van der Waals surface area contributed by atoms with Gasteiger partial charge in [0.2, 0.25) is 10.0 Å². The molecule has 3 aromatic carbocycles. The molecule has 4 aromatic rings. The Bertz CT molecular complexity index is 1540. The van der Waals surface area contributed by atoms with E-state index in [-0.39, 0.29) is 11.6 Å². The van der Waals surface area contributed by atoms with Crippen LogP contribution in [0.1, 0.15) is 41.9 Å². The van der Waals surface area contributed by atoms with E-state index in [1.165, 1.54) is 0 Å². The van der Waals surface area contributed by atoms with Crippen molar-refractivity contribution in [1.29, 1.82) is 5.41 Å². The van der Waals surface area contributed by atoms with Crippen molar-refractivity contribution in [2.24, 2.45) is 12.8 Å². The highest BCUT2D eigenvalue weighted by Crippen LogP contribution is 2.23. The monoisotopic (exact) mass is 546 g/mol. The molecule has 0 saturated heterocycles. The fraction of sp³-hybridized carbons (Fsp3) is 0.333. The molecule has 0 unspecified atom stereocenters. The lowest BCUT2D eigenvalue weighted by Gasteiger charge is -2.19. The first-order chi connectivity index (χ1) is 18.7. The number of fused-ring (bicyclic) bond motifs is 1. The summed E-state index contributed by atoms with van der Waals surface area (Å²) >= 11 is 0. The maximum Gasteiger partial charge on any atom is 0.236 e. The van der Waals surface area contributed by atoms with Crippen LogP contribution in [0.15, 0.2) is 66.7 Å². The molecule has 1 aromatic heterocycles. The average molecular weight is 547 g/mol. The largest absolute Gasteiger partial charge is 0.384 e. The zero-order valence-corrected chi connectivity index (χ0v) is 23.8. The average Bonchev–Trinajstić information content (AvgIpc) is 3.23. The zero-order chi connectivity index (χ0) is 28.0. The van der Waals surface area contributed by atoms with Gasteiger partial charge >= 0.3 is 0 Å². The van der Waals surface area contributed by atoms with Gasteiger partial charge in [-0.15, -0.1) is 0 Å². The molecule has 9 heteroatoms. The summed E-state index contributed by atoms with van der Waals surface area (Å²) in [5, 5.41) is 7.53. The number of imidazole rings is 1. The van der Waals surface area contributed by atoms with Crippen LogP contribution in [-0.4, -0.2) is 48.3 Å². The number of benzene rings is 3. The SMILES string of the molecule is CCN(CC)CCc1ccccc1CS(=O)(=O)Nc1ccc2c(c1)nc(CCc1ccc(C(=N)N)cc1)n2C. The Balaban J connectivity index is 1.45. The van der Waals surface area contributed by atoms with Crippen molar-refractivity contribution < 1.29 is 8.42 Å². The Morgan fingerprint density at radius 2 is 1.67 bits per heavy atom. The van der Waals surface area contributed by atoms with E-state index in [2.05, 4.69) is 23.5 Å². The smallest absolute Gasteiger partial charge is 0.236 e. The van der Waals surface area contributed by atoms with Crippen LogP contribution in [0.4, 0.5) is 5.69 Å². The van der Waals surface area contributed by atoms with Crippen LogP contribution in [0.5, 0.6) is 0 Å². The van der Waals surface area contributed by atoms with Gasteiger partial charge in [0.15, 0.2) is 0 Å². The molecule has 4 rings (SSSR count). The summed E-state index contributed by atoms with van der Waals surface area (Å²) in [4.78, 5) is 7.13. The van der Waals surface area contributed by atoms with Crippen LogP contribution in [-0.2, 0) is 42.1 Å². The molecule has 0 saturated carbocycles. The third kappa shape index (κ3) is 7.25. The lowest BCUT2D eigenvalue weighted by Crippen LogP contribution is -2.25. The second-order valence-electron chi connectivity index (χ2n) is 9.81. The quantitative estimate of drug-likeness (QED) is 0.169. The lowest BCUT2D eigenvalue weighted by atomic mass is 10.1. The second-order valence-corrected chi connectivity index (χ2v) is 11.5. The first kappa shape index (κ1) is 28.3. The number of nitrogen functional groups attached to an aromatic ring is 1. The third-order valence-electron chi connectivity index (χ3n) is 7.20. The molecule has 1 heterocycles. The number of anilines is 1. The standard InChI is InChI=1S/C30H38N6O2S/c1-4-36(5-2)19-18-23-8-6-7-9-25(23)21-39(37,38)34-26-15-16-28-27(20-26)33-29(35(28)3)17-12-22-10-13-24(14-11-22)30(31)32/h6-11,13-16,20,34H,4-5,12,17-19,21H2,1-3H3,(H3,31,32). The van der Waals surface area contributed by atoms with Gasteiger partial charge < -0.3 is 15.2 Å². The highest BCUT2D eigenvalue weighted by molar-refractivity contribution is 7.91. The molecule has 4 N–H and O–H groups in total. The van der Waals surface area contributed by atoms with Gasteiger partial charge in [-0.05, 0) is 60.8 Å². The van der Waals surface area contributed by atoms with Crippen molar-refractivity contribution in [1.82, 2.24) is 14.5 Å². The van der Waals surface area contributed by atoms with Crippen LogP contribution in [0.25, 0.3) is 11.0 Å². The van der Waals surface area contributed by atoms with E-state index in [0.717, 1.165) is 72.4 Å². The zero-order valence-electron chi connectivity index (χ0n) is 22.9. The van der Waals surface area contributed by atoms with Gasteiger partial charge in [-0.25, -0.2) is 13.4 Å². The predicted octanol–water partition coefficient (Wildman–Crippen LogP) is 4.47. The van der Waals surface area contributed by atoms with Gasteiger partial charge in [-0.1, -0.05) is 62.4 Å². The van der Waals surface area contributed by atoms with Crippen molar-refractivity contribution in [3.63, 3.8) is 0 Å². The molecule has 0 spiro atoms. The minimum absolute atomic E-state index is 0.0582. The Labute approximate surface area is 231 Å². The van der Waals surface area contributed by atoms with E-state index in [4.69, 9.17) is 16.1 Å². The van der Waals surface area contributed by atoms with Crippen molar-refractivity contribution in [2.75, 3.05) is 24.4 Å². The first-order valence-electron chi connectivity index (χ1n) is 13.4. The number of rotatable bonds is 13. The number of sulfonamides is 1. The highest BCUT2D eigenvalue weighted by Gasteiger charge is 2.16. The summed E-state index contributed by atoms with van der Waals surface area (Å²) in [5.41, 5.74) is 11.5. The molecular formula is C30H38N6O2S. The number of likely N-dealkylation sites (N-methyl/N-ethyl adjacent to an activating group) is 1. The number of hydrogen-bond acceptors (Lipinski definition) is 5. The van der Waals surface area contributed by atoms with Crippen molar-refractivity contribution in [3.8, 4) is 0 Å². The van der Waals surface area contributed by atoms with Crippen LogP contribution in [0, 0.1) is 5.41 Å². The molecular weight excluding hydrogens is 508 g/mol. The lowest BCUT2D eigenvalue weighted by molar-refractivity contribution is 0.308. The minimum atomic E-state index is -3.61. The van der Waals surface area contributed by atoms with Crippen LogP contribution in [0.2, 0.25) is 0 Å². The normalized spacial score (nSPS) is 11.8. The summed E-state index contributed by atoms with van der Waals surface area (Å²) in [7, 11) is -1.64. The van der Waals surface area contributed by atoms with Gasteiger partial charge in [0, 0.05) is 25.6 Å². The molecule has 8 nitrogen and oxygen atoms in total. The Kier molecular flexibility index (Phi) is 9.04. The number of aryl methyl sites for hydroxylation is 3. The molecule has 0 fully saturated rings. The topological polar surface area (TPSA) is 117 Å². The van der Waals surface area contributed by atoms with Gasteiger partial charge in [0.1, 0.15) is 11.7 Å². The molecule has 206 valence electrons. The highest BCUT2D eigenvalue weighted by atomic mass is 32.2. The van der Waals surface area contributed by atoms with Crippen LogP contribution >= 0.6 is 0 Å². The van der Waals surface area contributed by atoms with Crippen molar-refractivity contribution >= 4 is 32.6 Å². The Morgan fingerprint density at radius 3 is 2.33 bits per heavy atom. The van der Waals surface area contributed by atoms with Gasteiger partial charge in [0.25, 0.3) is 0 Å². The van der Waals surface area contributed by atoms with Crippen LogP contribution in [0.3, 0.4) is 0 Å². The van der Waals surface area contributed by atoms with Gasteiger partial charge in [0.05, 0.1) is 22.5 Å². The predicted molar refractivity (Wildman–Crippen MR) is 160 cm³/mol. The van der Waals surface area contributed by atoms with E-state index in [1.54, 1.807) is 12.1 Å². The number of nitrogens with zero attached hydrogens (tertiary/aromatic N) is 3. The Morgan fingerprint density at radius 1 is 0.974 bits per heavy atom. The third-order valence-corrected chi connectivity index (χ3v) is 8.44. The van der Waals surface area contributed by atoms with Gasteiger partial charge in [-0.2, -0.15) is 0 Å². The van der Waals surface area contributed by atoms with Gasteiger partial charge in [-0.3, -0.25) is 10.1 Å². The van der Waals surface area contributed by atoms with E-state index < -0.39 is 10.0 Å². The number of amidine groups is 1. The molecule has 0 bridgehead atoms. The molecule has 0 aliphatic heterocycles. The molecule has 0 atom stereocenters. The first-order valence-corrected chi connectivity index (χ1v) is 15.0. The van der Waals surface area contributed by atoms with Crippen molar-refractivity contribution in [2.45, 2.75) is 38.9 Å². The van der Waals surface area contributed by atoms with E-state index >= 15 is 0 Å². The molecule has 0 aliphatic rings. The minimum Gasteiger partial charge on any atom is -0.384 e. The second kappa shape index (κ2) is 12.4. The summed E-state index contributed by atoms with van der Waals surface area (Å²) in [5.74, 6) is 0.903. The number of nitrogens with two attached hydrogens (primary N) is 1.